The molecule has 0 saturated carbocycles. The summed E-state index contributed by atoms with van der Waals surface area (Å²) in [7, 11) is 0. The summed E-state index contributed by atoms with van der Waals surface area (Å²) in [6, 6.07) is 9.26. The average molecular weight is 340 g/mol. The minimum atomic E-state index is -0.389. The number of hydrogen-bond donors (Lipinski definition) is 2. The zero-order valence-electron chi connectivity index (χ0n) is 14.0. The molecule has 2 N–H and O–H groups in total. The Hall–Kier alpha value is -2.96. The van der Waals surface area contributed by atoms with Crippen molar-refractivity contribution < 1.29 is 14.4 Å². The van der Waals surface area contributed by atoms with Crippen molar-refractivity contribution in [3.8, 4) is 0 Å². The van der Waals surface area contributed by atoms with Gasteiger partial charge in [-0.3, -0.25) is 19.4 Å². The van der Waals surface area contributed by atoms with E-state index in [9.17, 15) is 14.4 Å². The van der Waals surface area contributed by atoms with E-state index < -0.39 is 0 Å². The lowest BCUT2D eigenvalue weighted by Crippen LogP contribution is -2.37. The first kappa shape index (κ1) is 16.9. The molecule has 1 fully saturated rings. The fourth-order valence-corrected chi connectivity index (χ4v) is 2.96. The van der Waals surface area contributed by atoms with E-state index in [1.165, 1.54) is 0 Å². The maximum absolute atomic E-state index is 12.1. The van der Waals surface area contributed by atoms with Gasteiger partial charge in [0.1, 0.15) is 0 Å². The Labute approximate surface area is 145 Å². The molecule has 1 aromatic carbocycles. The van der Waals surface area contributed by atoms with E-state index in [-0.39, 0.29) is 36.6 Å². The molecule has 7 nitrogen and oxygen atoms in total. The first-order chi connectivity index (χ1) is 12.1. The molecule has 2 aromatic rings. The number of benzene rings is 1. The van der Waals surface area contributed by atoms with Crippen molar-refractivity contribution in [2.45, 2.75) is 13.3 Å². The molecule has 0 aliphatic carbocycles. The molecule has 1 aliphatic heterocycles. The maximum Gasteiger partial charge on any atom is 0.243 e. The number of anilines is 1. The quantitative estimate of drug-likeness (QED) is 0.854. The first-order valence-corrected chi connectivity index (χ1v) is 8.27. The SMILES string of the molecule is CCN1C[C@@H](C(=O)NCC(=O)Nc2cccc3cccnc23)CC1=O. The summed E-state index contributed by atoms with van der Waals surface area (Å²) in [5, 5.41) is 6.30. The van der Waals surface area contributed by atoms with Crippen LogP contribution in [0.5, 0.6) is 0 Å². The summed E-state index contributed by atoms with van der Waals surface area (Å²) >= 11 is 0. The van der Waals surface area contributed by atoms with E-state index in [2.05, 4.69) is 15.6 Å². The molecule has 2 heterocycles. The fourth-order valence-electron chi connectivity index (χ4n) is 2.96. The predicted octanol–water partition coefficient (Wildman–Crippen LogP) is 1.16. The minimum Gasteiger partial charge on any atom is -0.347 e. The summed E-state index contributed by atoms with van der Waals surface area (Å²) in [6.07, 6.45) is 1.87. The maximum atomic E-state index is 12.1. The smallest absolute Gasteiger partial charge is 0.243 e. The van der Waals surface area contributed by atoms with Crippen molar-refractivity contribution >= 4 is 34.3 Å². The molecule has 130 valence electrons. The van der Waals surface area contributed by atoms with Gasteiger partial charge in [0.2, 0.25) is 17.7 Å². The topological polar surface area (TPSA) is 91.4 Å². The number of rotatable bonds is 5. The van der Waals surface area contributed by atoms with Crippen LogP contribution in [0.4, 0.5) is 5.69 Å². The third kappa shape index (κ3) is 3.76. The number of para-hydroxylation sites is 1. The van der Waals surface area contributed by atoms with Crippen molar-refractivity contribution in [3.63, 3.8) is 0 Å². The van der Waals surface area contributed by atoms with Crippen LogP contribution in [-0.4, -0.2) is 47.2 Å². The van der Waals surface area contributed by atoms with Crippen LogP contribution >= 0.6 is 0 Å². The highest BCUT2D eigenvalue weighted by atomic mass is 16.2. The highest BCUT2D eigenvalue weighted by Gasteiger charge is 2.33. The summed E-state index contributed by atoms with van der Waals surface area (Å²) < 4.78 is 0. The fraction of sp³-hybridized carbons (Fsp3) is 0.333. The molecule has 1 aromatic heterocycles. The van der Waals surface area contributed by atoms with Gasteiger partial charge in [-0.1, -0.05) is 18.2 Å². The van der Waals surface area contributed by atoms with E-state index in [4.69, 9.17) is 0 Å². The predicted molar refractivity (Wildman–Crippen MR) is 93.7 cm³/mol. The van der Waals surface area contributed by atoms with Gasteiger partial charge in [0.15, 0.2) is 0 Å². The highest BCUT2D eigenvalue weighted by Crippen LogP contribution is 2.20. The van der Waals surface area contributed by atoms with Crippen molar-refractivity contribution in [2.24, 2.45) is 5.92 Å². The monoisotopic (exact) mass is 340 g/mol. The number of amides is 3. The van der Waals surface area contributed by atoms with Gasteiger partial charge in [0.05, 0.1) is 23.7 Å². The number of nitrogens with zero attached hydrogens (tertiary/aromatic N) is 2. The van der Waals surface area contributed by atoms with Crippen molar-refractivity contribution in [2.75, 3.05) is 25.0 Å². The average Bonchev–Trinajstić information content (AvgIpc) is 3.01. The van der Waals surface area contributed by atoms with E-state index in [0.717, 1.165) is 5.39 Å². The summed E-state index contributed by atoms with van der Waals surface area (Å²) in [5.41, 5.74) is 1.30. The van der Waals surface area contributed by atoms with E-state index >= 15 is 0 Å². The number of hydrogen-bond acceptors (Lipinski definition) is 4. The first-order valence-electron chi connectivity index (χ1n) is 8.27. The summed E-state index contributed by atoms with van der Waals surface area (Å²) in [4.78, 5) is 41.9. The molecule has 1 aliphatic rings. The molecular formula is C18H20N4O3. The third-order valence-electron chi connectivity index (χ3n) is 4.30. The Morgan fingerprint density at radius 1 is 1.28 bits per heavy atom. The van der Waals surface area contributed by atoms with E-state index in [1.807, 2.05) is 31.2 Å². The molecule has 1 atom stereocenters. The normalized spacial score (nSPS) is 16.9. The Bertz CT molecular complexity index is 816. The second kappa shape index (κ2) is 7.29. The number of nitrogens with one attached hydrogen (secondary N) is 2. The number of aromatic nitrogens is 1. The van der Waals surface area contributed by atoms with Crippen LogP contribution in [0.15, 0.2) is 36.5 Å². The van der Waals surface area contributed by atoms with Crippen LogP contribution in [0.2, 0.25) is 0 Å². The highest BCUT2D eigenvalue weighted by molar-refractivity contribution is 6.02. The Morgan fingerprint density at radius 3 is 2.84 bits per heavy atom. The minimum absolute atomic E-state index is 0.0195. The molecule has 7 heteroatoms. The standard InChI is InChI=1S/C18H20N4O3/c1-2-22-11-13(9-16(22)24)18(25)20-10-15(23)21-14-7-3-5-12-6-4-8-19-17(12)14/h3-8,13H,2,9-11H2,1H3,(H,20,25)(H,21,23)/t13-/m0/s1. The molecule has 25 heavy (non-hydrogen) atoms. The molecule has 0 spiro atoms. The van der Waals surface area contributed by atoms with Crippen LogP contribution in [0.25, 0.3) is 10.9 Å². The lowest BCUT2D eigenvalue weighted by molar-refractivity contribution is -0.129. The van der Waals surface area contributed by atoms with Gasteiger partial charge < -0.3 is 15.5 Å². The molecule has 1 saturated heterocycles. The lowest BCUT2D eigenvalue weighted by atomic mass is 10.1. The Kier molecular flexibility index (Phi) is 4.92. The van der Waals surface area contributed by atoms with Crippen LogP contribution in [0, 0.1) is 5.92 Å². The zero-order valence-corrected chi connectivity index (χ0v) is 14.0. The number of fused-ring (bicyclic) bond motifs is 1. The van der Waals surface area contributed by atoms with E-state index in [0.29, 0.717) is 24.3 Å². The Balaban J connectivity index is 1.56. The molecular weight excluding hydrogens is 320 g/mol. The van der Waals surface area contributed by atoms with Crippen LogP contribution in [0.3, 0.4) is 0 Å². The largest absolute Gasteiger partial charge is 0.347 e. The molecule has 3 amide bonds. The van der Waals surface area contributed by atoms with Gasteiger partial charge in [-0.2, -0.15) is 0 Å². The van der Waals surface area contributed by atoms with Crippen LogP contribution < -0.4 is 10.6 Å². The molecule has 0 radical (unpaired) electrons. The summed E-state index contributed by atoms with van der Waals surface area (Å²) in [5.74, 6) is -1.01. The van der Waals surface area contributed by atoms with Crippen molar-refractivity contribution in [1.82, 2.24) is 15.2 Å². The zero-order chi connectivity index (χ0) is 17.8. The van der Waals surface area contributed by atoms with Crippen LogP contribution in [-0.2, 0) is 14.4 Å². The second-order valence-corrected chi connectivity index (χ2v) is 5.98. The van der Waals surface area contributed by atoms with Gasteiger partial charge in [0.25, 0.3) is 0 Å². The number of likely N-dealkylation sites (tertiary alicyclic amines) is 1. The van der Waals surface area contributed by atoms with Gasteiger partial charge in [0, 0.05) is 31.1 Å². The molecule has 0 unspecified atom stereocenters. The number of carbonyl (C=O) groups excluding carboxylic acids is 3. The third-order valence-corrected chi connectivity index (χ3v) is 4.30. The number of carbonyl (C=O) groups is 3. The van der Waals surface area contributed by atoms with E-state index in [1.54, 1.807) is 17.2 Å². The number of pyridine rings is 1. The molecule has 0 bridgehead atoms. The Morgan fingerprint density at radius 2 is 2.08 bits per heavy atom. The van der Waals surface area contributed by atoms with Crippen molar-refractivity contribution in [1.29, 1.82) is 0 Å². The van der Waals surface area contributed by atoms with Gasteiger partial charge in [-0.05, 0) is 19.1 Å². The van der Waals surface area contributed by atoms with Gasteiger partial charge in [-0.15, -0.1) is 0 Å². The van der Waals surface area contributed by atoms with Gasteiger partial charge >= 0.3 is 0 Å². The summed E-state index contributed by atoms with van der Waals surface area (Å²) in [6.45, 7) is 2.75. The van der Waals surface area contributed by atoms with Crippen LogP contribution in [0.1, 0.15) is 13.3 Å². The lowest BCUT2D eigenvalue weighted by Gasteiger charge is -2.13. The second-order valence-electron chi connectivity index (χ2n) is 5.98. The van der Waals surface area contributed by atoms with Crippen molar-refractivity contribution in [3.05, 3.63) is 36.5 Å². The molecule has 3 rings (SSSR count). The van der Waals surface area contributed by atoms with Gasteiger partial charge in [-0.25, -0.2) is 0 Å².